The molecule has 0 aromatic carbocycles. The molecule has 2 rings (SSSR count). The van der Waals surface area contributed by atoms with Crippen molar-refractivity contribution >= 4 is 5.69 Å². The molecule has 1 atom stereocenters. The summed E-state index contributed by atoms with van der Waals surface area (Å²) in [5, 5.41) is 12.2. The second kappa shape index (κ2) is 5.65. The Bertz CT molecular complexity index is 387. The summed E-state index contributed by atoms with van der Waals surface area (Å²) in [6, 6.07) is 6.37. The summed E-state index contributed by atoms with van der Waals surface area (Å²) in [4.78, 5) is 6.50. The predicted octanol–water partition coefficient (Wildman–Crippen LogP) is 1.53. The van der Waals surface area contributed by atoms with E-state index in [0.717, 1.165) is 25.3 Å². The Morgan fingerprint density at radius 2 is 2.47 bits per heavy atom. The average molecular weight is 230 g/mol. The zero-order valence-corrected chi connectivity index (χ0v) is 10.2. The van der Waals surface area contributed by atoms with Crippen LogP contribution in [0.5, 0.6) is 0 Å². The number of piperidine rings is 1. The van der Waals surface area contributed by atoms with Crippen LogP contribution in [0.1, 0.15) is 25.5 Å². The minimum Gasteiger partial charge on any atom is -0.366 e. The summed E-state index contributed by atoms with van der Waals surface area (Å²) in [5.41, 5.74) is 1.59. The third-order valence-electron chi connectivity index (χ3n) is 3.25. The third kappa shape index (κ3) is 2.75. The van der Waals surface area contributed by atoms with E-state index in [1.807, 2.05) is 12.1 Å². The monoisotopic (exact) mass is 230 g/mol. The molecule has 0 bridgehead atoms. The number of anilines is 1. The van der Waals surface area contributed by atoms with Crippen LogP contribution in [0.15, 0.2) is 18.3 Å². The molecule has 2 heterocycles. The van der Waals surface area contributed by atoms with Crippen molar-refractivity contribution in [3.05, 3.63) is 24.0 Å². The molecule has 0 saturated carbocycles. The molecule has 1 aromatic heterocycles. The summed E-state index contributed by atoms with van der Waals surface area (Å²) in [6.07, 6.45) is 4.25. The Kier molecular flexibility index (Phi) is 3.94. The normalized spacial score (nSPS) is 19.6. The van der Waals surface area contributed by atoms with Gasteiger partial charge in [-0.05, 0) is 38.4 Å². The van der Waals surface area contributed by atoms with Crippen molar-refractivity contribution in [2.75, 3.05) is 24.5 Å². The highest BCUT2D eigenvalue weighted by atomic mass is 15.2. The zero-order valence-electron chi connectivity index (χ0n) is 10.2. The molecular weight excluding hydrogens is 212 g/mol. The van der Waals surface area contributed by atoms with Crippen LogP contribution in [0.4, 0.5) is 5.69 Å². The van der Waals surface area contributed by atoms with Crippen LogP contribution in [-0.2, 0) is 0 Å². The first-order valence-electron chi connectivity index (χ1n) is 6.18. The van der Waals surface area contributed by atoms with Crippen LogP contribution in [0.25, 0.3) is 0 Å². The molecule has 1 fully saturated rings. The van der Waals surface area contributed by atoms with Gasteiger partial charge in [-0.2, -0.15) is 5.26 Å². The molecule has 17 heavy (non-hydrogen) atoms. The molecule has 1 N–H and O–H groups in total. The number of aromatic nitrogens is 1. The van der Waals surface area contributed by atoms with Crippen molar-refractivity contribution in [2.24, 2.45) is 0 Å². The average Bonchev–Trinajstić information content (AvgIpc) is 2.42. The van der Waals surface area contributed by atoms with Crippen molar-refractivity contribution in [2.45, 2.75) is 25.8 Å². The topological polar surface area (TPSA) is 52.0 Å². The van der Waals surface area contributed by atoms with Crippen LogP contribution >= 0.6 is 0 Å². The Labute approximate surface area is 102 Å². The summed E-state index contributed by atoms with van der Waals surface area (Å²) in [7, 11) is 0. The fourth-order valence-corrected chi connectivity index (χ4v) is 2.37. The Morgan fingerprint density at radius 3 is 3.00 bits per heavy atom. The maximum absolute atomic E-state index is 8.74. The Morgan fingerprint density at radius 1 is 1.59 bits per heavy atom. The van der Waals surface area contributed by atoms with Gasteiger partial charge < -0.3 is 10.2 Å². The predicted molar refractivity (Wildman–Crippen MR) is 67.9 cm³/mol. The first-order chi connectivity index (χ1) is 8.35. The Balaban J connectivity index is 2.13. The number of nitrogens with one attached hydrogen (secondary N) is 1. The van der Waals surface area contributed by atoms with E-state index < -0.39 is 0 Å². The van der Waals surface area contributed by atoms with E-state index in [1.54, 1.807) is 12.3 Å². The first-order valence-corrected chi connectivity index (χ1v) is 6.18. The molecule has 4 nitrogen and oxygen atoms in total. The van der Waals surface area contributed by atoms with Crippen molar-refractivity contribution in [1.29, 1.82) is 5.26 Å². The van der Waals surface area contributed by atoms with Crippen LogP contribution in [0.2, 0.25) is 0 Å². The van der Waals surface area contributed by atoms with E-state index in [2.05, 4.69) is 22.1 Å². The number of pyridine rings is 1. The standard InChI is InChI=1S/C13H18N4/c1-2-17(12-4-3-7-15-9-12)13-6-5-11(8-14)16-10-13/h5-6,10,12,15H,2-4,7,9H2,1H3. The van der Waals surface area contributed by atoms with Crippen LogP contribution < -0.4 is 10.2 Å². The molecule has 1 saturated heterocycles. The van der Waals surface area contributed by atoms with Crippen molar-refractivity contribution < 1.29 is 0 Å². The first kappa shape index (κ1) is 11.9. The SMILES string of the molecule is CCN(c1ccc(C#N)nc1)C1CCCNC1. The van der Waals surface area contributed by atoms with Gasteiger partial charge in [-0.25, -0.2) is 4.98 Å². The third-order valence-corrected chi connectivity index (χ3v) is 3.25. The van der Waals surface area contributed by atoms with Gasteiger partial charge in [-0.15, -0.1) is 0 Å². The summed E-state index contributed by atoms with van der Waals surface area (Å²) in [6.45, 7) is 5.29. The lowest BCUT2D eigenvalue weighted by atomic mass is 10.1. The van der Waals surface area contributed by atoms with E-state index >= 15 is 0 Å². The maximum Gasteiger partial charge on any atom is 0.140 e. The highest BCUT2D eigenvalue weighted by molar-refractivity contribution is 5.47. The maximum atomic E-state index is 8.74. The van der Waals surface area contributed by atoms with Crippen molar-refractivity contribution in [3.63, 3.8) is 0 Å². The molecule has 0 spiro atoms. The number of nitriles is 1. The number of hydrogen-bond donors (Lipinski definition) is 1. The molecule has 0 amide bonds. The van der Waals surface area contributed by atoms with Crippen LogP contribution in [0, 0.1) is 11.3 Å². The van der Waals surface area contributed by atoms with Gasteiger partial charge in [0.25, 0.3) is 0 Å². The highest BCUT2D eigenvalue weighted by Crippen LogP contribution is 2.19. The van der Waals surface area contributed by atoms with Gasteiger partial charge in [0.2, 0.25) is 0 Å². The molecule has 1 unspecified atom stereocenters. The molecule has 1 aliphatic heterocycles. The minimum absolute atomic E-state index is 0.478. The van der Waals surface area contributed by atoms with E-state index in [-0.39, 0.29) is 0 Å². The van der Waals surface area contributed by atoms with Gasteiger partial charge in [0.1, 0.15) is 11.8 Å². The van der Waals surface area contributed by atoms with Gasteiger partial charge in [0, 0.05) is 19.1 Å². The lowest BCUT2D eigenvalue weighted by Crippen LogP contribution is -2.46. The van der Waals surface area contributed by atoms with Gasteiger partial charge in [-0.3, -0.25) is 0 Å². The molecule has 1 aromatic rings. The zero-order chi connectivity index (χ0) is 12.1. The van der Waals surface area contributed by atoms with E-state index in [0.29, 0.717) is 11.7 Å². The molecule has 1 aliphatic rings. The summed E-state index contributed by atoms with van der Waals surface area (Å²) < 4.78 is 0. The highest BCUT2D eigenvalue weighted by Gasteiger charge is 2.19. The lowest BCUT2D eigenvalue weighted by molar-refractivity contribution is 0.435. The van der Waals surface area contributed by atoms with Crippen molar-refractivity contribution in [3.8, 4) is 6.07 Å². The van der Waals surface area contributed by atoms with E-state index in [4.69, 9.17) is 5.26 Å². The van der Waals surface area contributed by atoms with Crippen LogP contribution in [-0.4, -0.2) is 30.7 Å². The smallest absolute Gasteiger partial charge is 0.140 e. The largest absolute Gasteiger partial charge is 0.366 e. The number of hydrogen-bond acceptors (Lipinski definition) is 4. The molecule has 0 aliphatic carbocycles. The van der Waals surface area contributed by atoms with E-state index in [9.17, 15) is 0 Å². The molecular formula is C13H18N4. The molecule has 4 heteroatoms. The van der Waals surface area contributed by atoms with E-state index in [1.165, 1.54) is 12.8 Å². The molecule has 90 valence electrons. The number of nitrogens with zero attached hydrogens (tertiary/aromatic N) is 3. The lowest BCUT2D eigenvalue weighted by Gasteiger charge is -2.35. The van der Waals surface area contributed by atoms with Crippen molar-refractivity contribution in [1.82, 2.24) is 10.3 Å². The summed E-state index contributed by atoms with van der Waals surface area (Å²) in [5.74, 6) is 0. The van der Waals surface area contributed by atoms with Gasteiger partial charge in [-0.1, -0.05) is 0 Å². The van der Waals surface area contributed by atoms with Gasteiger partial charge >= 0.3 is 0 Å². The second-order valence-electron chi connectivity index (χ2n) is 4.30. The fourth-order valence-electron chi connectivity index (χ4n) is 2.37. The second-order valence-corrected chi connectivity index (χ2v) is 4.30. The summed E-state index contributed by atoms with van der Waals surface area (Å²) >= 11 is 0. The van der Waals surface area contributed by atoms with Gasteiger partial charge in [0.05, 0.1) is 11.9 Å². The number of rotatable bonds is 3. The molecule has 0 radical (unpaired) electrons. The van der Waals surface area contributed by atoms with Crippen LogP contribution in [0.3, 0.4) is 0 Å². The number of likely N-dealkylation sites (N-methyl/N-ethyl adjacent to an activating group) is 1. The quantitative estimate of drug-likeness (QED) is 0.855. The van der Waals surface area contributed by atoms with Gasteiger partial charge in [0.15, 0.2) is 0 Å². The Hall–Kier alpha value is -1.60. The fraction of sp³-hybridized carbons (Fsp3) is 0.538. The minimum atomic E-state index is 0.478.